The molecule has 0 heterocycles. The zero-order valence-corrected chi connectivity index (χ0v) is 11.4. The topological polar surface area (TPSA) is 40.5 Å². The normalized spacial score (nSPS) is 22.8. The summed E-state index contributed by atoms with van der Waals surface area (Å²) in [6, 6.07) is 0.538. The first-order valence-corrected chi connectivity index (χ1v) is 7.69. The van der Waals surface area contributed by atoms with Gasteiger partial charge in [-0.1, -0.05) is 32.1 Å². The summed E-state index contributed by atoms with van der Waals surface area (Å²) in [5.74, 6) is 0.737. The zero-order chi connectivity index (χ0) is 12.8. The van der Waals surface area contributed by atoms with Gasteiger partial charge in [0.2, 0.25) is 0 Å². The van der Waals surface area contributed by atoms with E-state index < -0.39 is 0 Å². The molecule has 2 rings (SSSR count). The maximum atomic E-state index is 12.2. The summed E-state index contributed by atoms with van der Waals surface area (Å²) in [4.78, 5) is 14.5. The highest BCUT2D eigenvalue weighted by molar-refractivity contribution is 5.83. The average molecular weight is 253 g/mol. The summed E-state index contributed by atoms with van der Waals surface area (Å²) in [6.07, 6.45) is 10.9. The molecule has 104 valence electrons. The van der Waals surface area contributed by atoms with Crippen LogP contribution in [-0.4, -0.2) is 41.5 Å². The number of rotatable bonds is 6. The van der Waals surface area contributed by atoms with Crippen molar-refractivity contribution in [3.63, 3.8) is 0 Å². The maximum absolute atomic E-state index is 12.2. The molecule has 2 fully saturated rings. The number of Topliss-reactive ketones (excluding diaryl/α,β-unsaturated/α-hetero) is 1. The van der Waals surface area contributed by atoms with E-state index in [2.05, 4.69) is 4.90 Å². The second-order valence-electron chi connectivity index (χ2n) is 5.93. The first-order valence-electron chi connectivity index (χ1n) is 7.69. The summed E-state index contributed by atoms with van der Waals surface area (Å²) in [7, 11) is 0. The molecule has 0 aliphatic heterocycles. The predicted octanol–water partition coefficient (Wildman–Crippen LogP) is 2.37. The molecule has 3 nitrogen and oxygen atoms in total. The summed E-state index contributed by atoms with van der Waals surface area (Å²) in [6.45, 7) is 1.42. The molecule has 3 heteroatoms. The fourth-order valence-electron chi connectivity index (χ4n) is 3.54. The van der Waals surface area contributed by atoms with Crippen molar-refractivity contribution in [2.45, 2.75) is 63.8 Å². The van der Waals surface area contributed by atoms with Crippen LogP contribution < -0.4 is 0 Å². The van der Waals surface area contributed by atoms with Crippen molar-refractivity contribution >= 4 is 5.78 Å². The summed E-state index contributed by atoms with van der Waals surface area (Å²) in [5, 5.41) is 9.19. The Bertz CT molecular complexity index is 255. The number of carbonyl (C=O) groups is 1. The number of hydrogen-bond acceptors (Lipinski definition) is 3. The van der Waals surface area contributed by atoms with E-state index >= 15 is 0 Å². The minimum absolute atomic E-state index is 0.175. The SMILES string of the molecule is O=C(CN(CCO)C1CCCCC1)C1CCCC1. The van der Waals surface area contributed by atoms with Crippen molar-refractivity contribution in [1.82, 2.24) is 4.90 Å². The van der Waals surface area contributed by atoms with Crippen molar-refractivity contribution < 1.29 is 9.90 Å². The number of hydrogen-bond donors (Lipinski definition) is 1. The molecule has 0 saturated heterocycles. The van der Waals surface area contributed by atoms with Crippen molar-refractivity contribution in [3.05, 3.63) is 0 Å². The Morgan fingerprint density at radius 3 is 2.22 bits per heavy atom. The van der Waals surface area contributed by atoms with E-state index in [-0.39, 0.29) is 6.61 Å². The van der Waals surface area contributed by atoms with Crippen LogP contribution in [0.4, 0.5) is 0 Å². The third-order valence-electron chi connectivity index (χ3n) is 4.65. The highest BCUT2D eigenvalue weighted by Crippen LogP contribution is 2.27. The van der Waals surface area contributed by atoms with Gasteiger partial charge in [-0.25, -0.2) is 0 Å². The van der Waals surface area contributed by atoms with Crippen LogP contribution in [-0.2, 0) is 4.79 Å². The highest BCUT2D eigenvalue weighted by Gasteiger charge is 2.27. The second-order valence-corrected chi connectivity index (χ2v) is 5.93. The summed E-state index contributed by atoms with van der Waals surface area (Å²) >= 11 is 0. The molecule has 0 amide bonds. The van der Waals surface area contributed by atoms with Crippen LogP contribution in [0.1, 0.15) is 57.8 Å². The van der Waals surface area contributed by atoms with Crippen LogP contribution in [0.15, 0.2) is 0 Å². The fraction of sp³-hybridized carbons (Fsp3) is 0.933. The zero-order valence-electron chi connectivity index (χ0n) is 11.4. The smallest absolute Gasteiger partial charge is 0.149 e. The van der Waals surface area contributed by atoms with Gasteiger partial charge in [0.15, 0.2) is 0 Å². The lowest BCUT2D eigenvalue weighted by atomic mass is 9.93. The molecule has 0 spiro atoms. The van der Waals surface area contributed by atoms with Gasteiger partial charge in [0.25, 0.3) is 0 Å². The van der Waals surface area contributed by atoms with Gasteiger partial charge < -0.3 is 5.11 Å². The van der Waals surface area contributed by atoms with Crippen LogP contribution in [0.2, 0.25) is 0 Å². The van der Waals surface area contributed by atoms with Crippen molar-refractivity contribution in [3.8, 4) is 0 Å². The van der Waals surface area contributed by atoms with E-state index in [9.17, 15) is 9.90 Å². The number of nitrogens with zero attached hydrogens (tertiary/aromatic N) is 1. The molecule has 18 heavy (non-hydrogen) atoms. The molecule has 2 aliphatic carbocycles. The van der Waals surface area contributed by atoms with E-state index in [0.717, 1.165) is 12.8 Å². The number of aliphatic hydroxyl groups is 1. The van der Waals surface area contributed by atoms with Crippen LogP contribution in [0.25, 0.3) is 0 Å². The third-order valence-corrected chi connectivity index (χ3v) is 4.65. The lowest BCUT2D eigenvalue weighted by Gasteiger charge is -2.34. The Morgan fingerprint density at radius 2 is 1.61 bits per heavy atom. The summed E-state index contributed by atoms with van der Waals surface area (Å²) < 4.78 is 0. The van der Waals surface area contributed by atoms with Crippen LogP contribution >= 0.6 is 0 Å². The van der Waals surface area contributed by atoms with E-state index in [0.29, 0.717) is 30.8 Å². The quantitative estimate of drug-likeness (QED) is 0.790. The van der Waals surface area contributed by atoms with Gasteiger partial charge in [-0.3, -0.25) is 9.69 Å². The molecule has 0 atom stereocenters. The van der Waals surface area contributed by atoms with E-state index in [1.54, 1.807) is 0 Å². The predicted molar refractivity (Wildman–Crippen MR) is 72.5 cm³/mol. The monoisotopic (exact) mass is 253 g/mol. The molecule has 1 N–H and O–H groups in total. The standard InChI is InChI=1S/C15H27NO2/c17-11-10-16(14-8-2-1-3-9-14)12-15(18)13-6-4-5-7-13/h13-14,17H,1-12H2. The minimum Gasteiger partial charge on any atom is -0.395 e. The van der Waals surface area contributed by atoms with Crippen molar-refractivity contribution in [1.29, 1.82) is 0 Å². The molecular weight excluding hydrogens is 226 g/mol. The van der Waals surface area contributed by atoms with Crippen LogP contribution in [0, 0.1) is 5.92 Å². The van der Waals surface area contributed by atoms with Gasteiger partial charge in [-0.05, 0) is 25.7 Å². The van der Waals surface area contributed by atoms with E-state index in [1.807, 2.05) is 0 Å². The minimum atomic E-state index is 0.175. The second kappa shape index (κ2) is 7.25. The molecule has 0 aromatic rings. The van der Waals surface area contributed by atoms with Gasteiger partial charge in [-0.2, -0.15) is 0 Å². The fourth-order valence-corrected chi connectivity index (χ4v) is 3.54. The number of ketones is 1. The Kier molecular flexibility index (Phi) is 5.64. The van der Waals surface area contributed by atoms with Crippen LogP contribution in [0.5, 0.6) is 0 Å². The Labute approximate surface area is 111 Å². The lowest BCUT2D eigenvalue weighted by molar-refractivity contribution is -0.124. The number of carbonyl (C=O) groups excluding carboxylic acids is 1. The van der Waals surface area contributed by atoms with E-state index in [4.69, 9.17) is 0 Å². The van der Waals surface area contributed by atoms with E-state index in [1.165, 1.54) is 44.9 Å². The Balaban J connectivity index is 1.85. The van der Waals surface area contributed by atoms with Gasteiger partial charge in [0, 0.05) is 18.5 Å². The molecular formula is C15H27NO2. The van der Waals surface area contributed by atoms with Gasteiger partial charge in [-0.15, -0.1) is 0 Å². The van der Waals surface area contributed by atoms with Gasteiger partial charge in [0.1, 0.15) is 5.78 Å². The summed E-state index contributed by atoms with van der Waals surface area (Å²) in [5.41, 5.74) is 0. The average Bonchev–Trinajstić information content (AvgIpc) is 2.93. The van der Waals surface area contributed by atoms with Crippen molar-refractivity contribution in [2.75, 3.05) is 19.7 Å². The Hall–Kier alpha value is -0.410. The van der Waals surface area contributed by atoms with Crippen LogP contribution in [0.3, 0.4) is 0 Å². The van der Waals surface area contributed by atoms with Gasteiger partial charge >= 0.3 is 0 Å². The lowest BCUT2D eigenvalue weighted by Crippen LogP contribution is -2.43. The highest BCUT2D eigenvalue weighted by atomic mass is 16.3. The molecule has 2 aliphatic rings. The molecule has 0 aromatic carbocycles. The van der Waals surface area contributed by atoms with Crippen molar-refractivity contribution in [2.24, 2.45) is 5.92 Å². The first-order chi connectivity index (χ1) is 8.81. The van der Waals surface area contributed by atoms with Gasteiger partial charge in [0.05, 0.1) is 13.2 Å². The Morgan fingerprint density at radius 1 is 1.00 bits per heavy atom. The largest absolute Gasteiger partial charge is 0.395 e. The molecule has 0 bridgehead atoms. The molecule has 0 unspecified atom stereocenters. The molecule has 0 aromatic heterocycles. The maximum Gasteiger partial charge on any atom is 0.149 e. The molecule has 2 saturated carbocycles. The molecule has 0 radical (unpaired) electrons. The number of aliphatic hydroxyl groups excluding tert-OH is 1. The first kappa shape index (κ1) is 14.0. The third kappa shape index (κ3) is 3.79.